The van der Waals surface area contributed by atoms with Gasteiger partial charge in [0.25, 0.3) is 11.4 Å². The molecule has 0 bridgehead atoms. The highest BCUT2D eigenvalue weighted by Gasteiger charge is 2.29. The van der Waals surface area contributed by atoms with Crippen molar-refractivity contribution in [2.24, 2.45) is 5.92 Å². The summed E-state index contributed by atoms with van der Waals surface area (Å²) in [4.78, 5) is 92.5. The number of ether oxygens (including phenoxy) is 2. The van der Waals surface area contributed by atoms with Gasteiger partial charge < -0.3 is 39.6 Å². The van der Waals surface area contributed by atoms with Gasteiger partial charge in [-0.05, 0) is 136 Å². The minimum atomic E-state index is -5.19. The largest absolute Gasteiger partial charge is 0.542 e. The summed E-state index contributed by atoms with van der Waals surface area (Å²) >= 11 is 0. The second kappa shape index (κ2) is 50.9. The number of benzene rings is 4. The Kier molecular flexibility index (Phi) is 48.0. The van der Waals surface area contributed by atoms with Gasteiger partial charge in [0.15, 0.2) is 0 Å². The molecule has 0 aromatic heterocycles. The molecule has 1 atom stereocenters. The van der Waals surface area contributed by atoms with Crippen LogP contribution in [0.3, 0.4) is 0 Å². The van der Waals surface area contributed by atoms with Crippen molar-refractivity contribution in [1.82, 2.24) is 10.6 Å². The van der Waals surface area contributed by atoms with E-state index < -0.39 is 33.9 Å². The summed E-state index contributed by atoms with van der Waals surface area (Å²) < 4.78 is 41.5. The first kappa shape index (κ1) is 84.0. The molecule has 0 aliphatic carbocycles. The van der Waals surface area contributed by atoms with E-state index >= 15 is 0 Å². The molecule has 0 radical (unpaired) electrons. The summed E-state index contributed by atoms with van der Waals surface area (Å²) in [5, 5.41) is 36.2. The van der Waals surface area contributed by atoms with Crippen LogP contribution in [0.2, 0.25) is 0 Å². The zero-order valence-electron chi connectivity index (χ0n) is 51.9. The molecule has 89 heavy (non-hydrogen) atoms. The number of halogens is 3. The maximum Gasteiger partial charge on any atom is 0.430 e. The van der Waals surface area contributed by atoms with Crippen molar-refractivity contribution in [1.29, 1.82) is 0 Å². The number of nitrogens with one attached hydrogen (secondary N) is 2. The van der Waals surface area contributed by atoms with Gasteiger partial charge in [0.1, 0.15) is 31.1 Å². The highest BCUT2D eigenvalue weighted by atomic mass is 19.4. The van der Waals surface area contributed by atoms with Crippen LogP contribution >= 0.6 is 0 Å². The number of allylic oxidation sites excluding steroid dienone is 9. The van der Waals surface area contributed by atoms with Gasteiger partial charge in [0, 0.05) is 61.4 Å². The van der Waals surface area contributed by atoms with E-state index in [1.54, 1.807) is 70.2 Å². The summed E-state index contributed by atoms with van der Waals surface area (Å²) in [5.74, 6) is -3.25. The molecule has 0 fully saturated rings. The van der Waals surface area contributed by atoms with Gasteiger partial charge in [-0.1, -0.05) is 134 Å². The van der Waals surface area contributed by atoms with Crippen LogP contribution in [-0.2, 0) is 62.5 Å². The van der Waals surface area contributed by atoms with Crippen molar-refractivity contribution in [2.75, 3.05) is 13.2 Å². The van der Waals surface area contributed by atoms with Gasteiger partial charge in [0.2, 0.25) is 0 Å². The van der Waals surface area contributed by atoms with Crippen molar-refractivity contribution in [3.05, 3.63) is 215 Å². The number of carboxylic acid groups (broad SMARTS) is 1. The van der Waals surface area contributed by atoms with Crippen LogP contribution in [0.1, 0.15) is 144 Å². The number of para-hydroxylation sites is 2. The number of aldehydes is 4. The Balaban J connectivity index is -0.000000982. The zero-order chi connectivity index (χ0) is 66.9. The van der Waals surface area contributed by atoms with Crippen LogP contribution in [0.5, 0.6) is 0 Å². The van der Waals surface area contributed by atoms with Crippen LogP contribution in [0.15, 0.2) is 173 Å². The topological polar surface area (TPSA) is 271 Å². The number of hydrogen-bond acceptors (Lipinski definition) is 16. The Labute approximate surface area is 522 Å². The number of esters is 2. The molecule has 486 valence electrons. The number of aryl methyl sites for hydroxylation is 1. The van der Waals surface area contributed by atoms with Crippen LogP contribution in [0, 0.1) is 26.1 Å². The van der Waals surface area contributed by atoms with Gasteiger partial charge in [0.05, 0.1) is 39.8 Å². The van der Waals surface area contributed by atoms with Crippen LogP contribution < -0.4 is 15.7 Å². The molecule has 21 heteroatoms. The minimum Gasteiger partial charge on any atom is -0.542 e. The monoisotopic (exact) mass is 1240 g/mol. The molecule has 1 heterocycles. The highest BCUT2D eigenvalue weighted by molar-refractivity contribution is 5.96. The molecule has 0 saturated carbocycles. The predicted molar refractivity (Wildman–Crippen MR) is 340 cm³/mol. The van der Waals surface area contributed by atoms with E-state index in [0.29, 0.717) is 67.0 Å². The lowest BCUT2D eigenvalue weighted by Gasteiger charge is -2.22. The average Bonchev–Trinajstić information content (AvgIpc) is 1.91. The number of nitro groups is 2. The average molecular weight is 1240 g/mol. The standard InChI is InChI=1S/C14H15N.C13H19NO4.C10H18O.C10H16O.C9H9NO3.C9H7NO3.C2HF3O2.CH4/c1-3-7-13(8-4-1)11-15-12-14-9-5-2-6-10-14;1-5-17-12(15)10-7-11(13(16)18-6-2)9(4)14-8(10)3;2*1-9(2)5-4-6-10(3)7-8-11;2*11-7-3-5-8-4-1-2-6-9(8)10(12)13;3-2(4,5)1(6)7;/h1-10,15H,11-12H2;14H,5-7H2,1-4H3;5,8,10H,4,6-7H2,1-3H3;5,7-8H,4,6H2,1-3H3;1-2,4,6-7H,3,5H2;1-7H;(H,6,7);1H4/p-1/b;;;10-7+;;5-3+;;. The lowest BCUT2D eigenvalue weighted by atomic mass is 9.98. The Morgan fingerprint density at radius 2 is 1.11 bits per heavy atom. The number of carbonyl (C=O) groups is 7. The highest BCUT2D eigenvalue weighted by Crippen LogP contribution is 2.25. The van der Waals surface area contributed by atoms with E-state index in [4.69, 9.17) is 19.4 Å². The minimum absolute atomic E-state index is 0. The lowest BCUT2D eigenvalue weighted by Crippen LogP contribution is -2.37. The quantitative estimate of drug-likeness (QED) is 0.0165. The van der Waals surface area contributed by atoms with Crippen molar-refractivity contribution < 1.29 is 71.2 Å². The van der Waals surface area contributed by atoms with Gasteiger partial charge in [-0.25, -0.2) is 9.59 Å². The Hall–Kier alpha value is -9.24. The van der Waals surface area contributed by atoms with E-state index in [-0.39, 0.29) is 25.2 Å². The first-order valence-electron chi connectivity index (χ1n) is 28.1. The fraction of sp³-hybridized carbons (Fsp3) is 0.368. The predicted octanol–water partition coefficient (Wildman–Crippen LogP) is 13.9. The summed E-state index contributed by atoms with van der Waals surface area (Å²) in [7, 11) is 0. The van der Waals surface area contributed by atoms with Gasteiger partial charge >= 0.3 is 18.1 Å². The molecule has 0 saturated heterocycles. The van der Waals surface area contributed by atoms with Crippen LogP contribution in [0.25, 0.3) is 6.08 Å². The maximum absolute atomic E-state index is 11.7. The molecule has 1 aliphatic rings. The fourth-order valence-corrected chi connectivity index (χ4v) is 7.08. The van der Waals surface area contributed by atoms with E-state index in [0.717, 1.165) is 74.6 Å². The molecular formula is C68H88F3N4O14-. The maximum atomic E-state index is 11.7. The number of rotatable bonds is 24. The molecule has 1 aliphatic heterocycles. The van der Waals surface area contributed by atoms with Crippen molar-refractivity contribution in [3.8, 4) is 0 Å². The molecule has 4 aromatic carbocycles. The van der Waals surface area contributed by atoms with Crippen molar-refractivity contribution >= 4 is 60.5 Å². The third-order valence-electron chi connectivity index (χ3n) is 11.6. The summed E-state index contributed by atoms with van der Waals surface area (Å²) in [5.41, 5.74) is 10.0. The zero-order valence-corrected chi connectivity index (χ0v) is 51.9. The van der Waals surface area contributed by atoms with E-state index in [9.17, 15) is 62.2 Å². The van der Waals surface area contributed by atoms with Crippen molar-refractivity contribution in [2.45, 2.75) is 147 Å². The summed E-state index contributed by atoms with van der Waals surface area (Å²) in [6.07, 6.45) is 12.6. The second-order valence-electron chi connectivity index (χ2n) is 19.5. The van der Waals surface area contributed by atoms with Crippen LogP contribution in [0.4, 0.5) is 24.5 Å². The molecule has 5 rings (SSSR count). The van der Waals surface area contributed by atoms with E-state index in [1.807, 2.05) is 19.1 Å². The number of dihydropyridines is 1. The van der Waals surface area contributed by atoms with Crippen LogP contribution in [-0.4, -0.2) is 72.3 Å². The van der Waals surface area contributed by atoms with Gasteiger partial charge in [-0.3, -0.25) is 29.8 Å². The number of carboxylic acids is 1. The third-order valence-corrected chi connectivity index (χ3v) is 11.6. The fourth-order valence-electron chi connectivity index (χ4n) is 7.08. The number of hydrogen-bond donors (Lipinski definition) is 2. The number of carbonyl (C=O) groups excluding carboxylic acids is 7. The number of alkyl halides is 3. The first-order chi connectivity index (χ1) is 41.7. The molecule has 1 unspecified atom stereocenters. The van der Waals surface area contributed by atoms with Gasteiger partial charge in [-0.2, -0.15) is 13.2 Å². The SMILES string of the molecule is C.CC(C)=CCC/C(C)=C/C=O.CC(C)=CCCC(C)CC=O.CCOC(=O)C1=C(C)NC(C)=C(C(=O)OCC)C1.O=C([O-])C(F)(F)F.O=C/C=C/c1ccccc1[N+](=O)[O-].O=CCCc1ccccc1[N+](=O)[O-].c1ccc(CNCc2ccccc2)cc1. The molecule has 0 spiro atoms. The number of aliphatic carboxylic acids is 1. The van der Waals surface area contributed by atoms with Gasteiger partial charge in [-0.15, -0.1) is 0 Å². The Bertz CT molecular complexity index is 2890. The third kappa shape index (κ3) is 42.3. The first-order valence-corrected chi connectivity index (χ1v) is 28.1. The Morgan fingerprint density at radius 1 is 0.663 bits per heavy atom. The molecule has 2 N–H and O–H groups in total. The van der Waals surface area contributed by atoms with E-state index in [2.05, 4.69) is 106 Å². The Morgan fingerprint density at radius 3 is 1.53 bits per heavy atom. The van der Waals surface area contributed by atoms with E-state index in [1.165, 1.54) is 46.6 Å². The lowest BCUT2D eigenvalue weighted by molar-refractivity contribution is -0.385. The molecule has 18 nitrogen and oxygen atoms in total. The number of nitrogens with zero attached hydrogens (tertiary/aromatic N) is 2. The molecular weight excluding hydrogens is 1150 g/mol. The molecule has 0 amide bonds. The second-order valence-corrected chi connectivity index (χ2v) is 19.5. The molecule has 4 aromatic rings. The van der Waals surface area contributed by atoms with Crippen molar-refractivity contribution in [3.63, 3.8) is 0 Å². The summed E-state index contributed by atoms with van der Waals surface area (Å²) in [6, 6.07) is 33.6. The summed E-state index contributed by atoms with van der Waals surface area (Å²) in [6.45, 7) is 22.0. The normalized spacial score (nSPS) is 11.4. The number of nitro benzene ring substituents is 2. The smallest absolute Gasteiger partial charge is 0.430 e.